The molecule has 0 unspecified atom stereocenters. The summed E-state index contributed by atoms with van der Waals surface area (Å²) in [7, 11) is 2.16. The number of anilines is 2. The molecule has 4 aromatic rings. The molecular formula is C30H30N6O. The summed E-state index contributed by atoms with van der Waals surface area (Å²) in [5.74, 6) is 6.74. The highest BCUT2D eigenvalue weighted by atomic mass is 16.1. The zero-order chi connectivity index (χ0) is 25.8. The summed E-state index contributed by atoms with van der Waals surface area (Å²) >= 11 is 0. The van der Waals surface area contributed by atoms with Crippen molar-refractivity contribution in [1.82, 2.24) is 19.8 Å². The Morgan fingerprint density at radius 2 is 1.76 bits per heavy atom. The molecule has 7 heteroatoms. The normalized spacial score (nSPS) is 14.2. The molecule has 0 radical (unpaired) electrons. The van der Waals surface area contributed by atoms with Crippen LogP contribution in [-0.2, 0) is 6.54 Å². The minimum atomic E-state index is -0.138. The number of rotatable bonds is 4. The van der Waals surface area contributed by atoms with Crippen LogP contribution in [0, 0.1) is 18.8 Å². The van der Waals surface area contributed by atoms with E-state index < -0.39 is 0 Å². The molecule has 0 aliphatic carbocycles. The number of benzene rings is 3. The number of nitrogens with two attached hydrogens (primary N) is 1. The molecular weight excluding hydrogens is 460 g/mol. The molecule has 3 N–H and O–H groups in total. The van der Waals surface area contributed by atoms with Gasteiger partial charge in [-0.1, -0.05) is 30.0 Å². The summed E-state index contributed by atoms with van der Waals surface area (Å²) < 4.78 is 0. The number of nitrogens with zero attached hydrogens (tertiary/aromatic N) is 4. The first-order valence-corrected chi connectivity index (χ1v) is 12.4. The maximum Gasteiger partial charge on any atom is 0.255 e. The molecule has 1 amide bonds. The summed E-state index contributed by atoms with van der Waals surface area (Å²) in [6, 6.07) is 19.3. The fraction of sp³-hybridized carbons (Fsp3) is 0.233. The van der Waals surface area contributed by atoms with Crippen molar-refractivity contribution >= 4 is 28.3 Å². The predicted octanol–water partition coefficient (Wildman–Crippen LogP) is 3.92. The second-order valence-corrected chi connectivity index (χ2v) is 9.50. The van der Waals surface area contributed by atoms with Crippen LogP contribution in [0.2, 0.25) is 0 Å². The average molecular weight is 491 g/mol. The number of amides is 1. The monoisotopic (exact) mass is 490 g/mol. The highest BCUT2D eigenvalue weighted by Gasteiger charge is 2.14. The van der Waals surface area contributed by atoms with Crippen LogP contribution in [0.15, 0.2) is 67.0 Å². The number of likely N-dealkylation sites (N-methyl/N-ethyl adjacent to an activating group) is 1. The van der Waals surface area contributed by atoms with Crippen LogP contribution in [0.4, 0.5) is 11.5 Å². The van der Waals surface area contributed by atoms with Crippen molar-refractivity contribution < 1.29 is 4.79 Å². The van der Waals surface area contributed by atoms with Crippen LogP contribution in [0.25, 0.3) is 10.9 Å². The van der Waals surface area contributed by atoms with E-state index in [1.165, 1.54) is 11.9 Å². The average Bonchev–Trinajstić information content (AvgIpc) is 2.91. The maximum absolute atomic E-state index is 12.9. The number of hydrogen-bond acceptors (Lipinski definition) is 6. The van der Waals surface area contributed by atoms with Crippen LogP contribution in [0.3, 0.4) is 0 Å². The van der Waals surface area contributed by atoms with Crippen molar-refractivity contribution in [2.75, 3.05) is 44.3 Å². The number of nitrogen functional groups attached to an aromatic ring is 1. The predicted molar refractivity (Wildman–Crippen MR) is 148 cm³/mol. The van der Waals surface area contributed by atoms with Gasteiger partial charge in [0.2, 0.25) is 0 Å². The third-order valence-corrected chi connectivity index (χ3v) is 6.72. The quantitative estimate of drug-likeness (QED) is 0.422. The fourth-order valence-corrected chi connectivity index (χ4v) is 4.36. The van der Waals surface area contributed by atoms with Crippen LogP contribution in [0.1, 0.15) is 32.6 Å². The van der Waals surface area contributed by atoms with Crippen molar-refractivity contribution in [1.29, 1.82) is 0 Å². The number of fused-ring (bicyclic) bond motifs is 1. The van der Waals surface area contributed by atoms with Gasteiger partial charge < -0.3 is 16.0 Å². The standard InChI is InChI=1S/C30H30N6O/c1-21-3-11-26(18-25(21)10-4-22-7-12-27-28(17-22)32-20-33-29(27)31)34-30(37)24-8-5-23(6-9-24)19-36-15-13-35(2)14-16-36/h3,5-9,11-12,17-18,20H,13-16,19H2,1-2H3,(H,34,37)(H2,31,32,33). The van der Waals surface area contributed by atoms with E-state index in [1.54, 1.807) is 0 Å². The summed E-state index contributed by atoms with van der Waals surface area (Å²) in [6.45, 7) is 7.24. The first kappa shape index (κ1) is 24.4. The maximum atomic E-state index is 12.9. The van der Waals surface area contributed by atoms with Gasteiger partial charge in [0.25, 0.3) is 5.91 Å². The van der Waals surface area contributed by atoms with Crippen LogP contribution in [-0.4, -0.2) is 58.9 Å². The van der Waals surface area contributed by atoms with Crippen molar-refractivity contribution in [2.24, 2.45) is 0 Å². The van der Waals surface area contributed by atoms with Crippen molar-refractivity contribution in [3.05, 3.63) is 94.8 Å². The Morgan fingerprint density at radius 3 is 2.54 bits per heavy atom. The molecule has 1 aliphatic heterocycles. The molecule has 1 aliphatic rings. The van der Waals surface area contributed by atoms with E-state index >= 15 is 0 Å². The molecule has 7 nitrogen and oxygen atoms in total. The Hall–Kier alpha value is -4.25. The number of hydrogen-bond donors (Lipinski definition) is 2. The summed E-state index contributed by atoms with van der Waals surface area (Å²) in [5, 5.41) is 3.81. The molecule has 1 fully saturated rings. The first-order chi connectivity index (χ1) is 17.9. The van der Waals surface area contributed by atoms with Gasteiger partial charge in [0.05, 0.1) is 5.52 Å². The van der Waals surface area contributed by atoms with Gasteiger partial charge in [0, 0.05) is 60.5 Å². The smallest absolute Gasteiger partial charge is 0.255 e. The minimum absolute atomic E-state index is 0.138. The Bertz CT molecular complexity index is 1490. The van der Waals surface area contributed by atoms with E-state index in [9.17, 15) is 4.79 Å². The molecule has 186 valence electrons. The minimum Gasteiger partial charge on any atom is -0.383 e. The number of piperazine rings is 1. The Morgan fingerprint density at radius 1 is 0.973 bits per heavy atom. The number of carbonyl (C=O) groups is 1. The second-order valence-electron chi connectivity index (χ2n) is 9.50. The second kappa shape index (κ2) is 10.8. The lowest BCUT2D eigenvalue weighted by atomic mass is 10.1. The molecule has 1 saturated heterocycles. The topological polar surface area (TPSA) is 87.4 Å². The van der Waals surface area contributed by atoms with Crippen molar-refractivity contribution in [2.45, 2.75) is 13.5 Å². The first-order valence-electron chi connectivity index (χ1n) is 12.4. The number of aromatic nitrogens is 2. The zero-order valence-corrected chi connectivity index (χ0v) is 21.2. The van der Waals surface area contributed by atoms with E-state index in [2.05, 4.69) is 44.0 Å². The van der Waals surface area contributed by atoms with Gasteiger partial charge in [-0.05, 0) is 67.6 Å². The van der Waals surface area contributed by atoms with Crippen LogP contribution < -0.4 is 11.1 Å². The molecule has 0 bridgehead atoms. The van der Waals surface area contributed by atoms with E-state index in [-0.39, 0.29) is 5.91 Å². The van der Waals surface area contributed by atoms with E-state index in [4.69, 9.17) is 5.73 Å². The van der Waals surface area contributed by atoms with Gasteiger partial charge in [-0.3, -0.25) is 9.69 Å². The number of carbonyl (C=O) groups excluding carboxylic acids is 1. The molecule has 0 spiro atoms. The molecule has 0 atom stereocenters. The summed E-state index contributed by atoms with van der Waals surface area (Å²) in [5.41, 5.74) is 11.9. The summed E-state index contributed by atoms with van der Waals surface area (Å²) in [4.78, 5) is 26.0. The lowest BCUT2D eigenvalue weighted by molar-refractivity contribution is 0.102. The van der Waals surface area contributed by atoms with Gasteiger partial charge in [0.1, 0.15) is 12.1 Å². The summed E-state index contributed by atoms with van der Waals surface area (Å²) in [6.07, 6.45) is 1.45. The van der Waals surface area contributed by atoms with E-state index in [0.29, 0.717) is 17.1 Å². The van der Waals surface area contributed by atoms with E-state index in [1.807, 2.05) is 67.6 Å². The molecule has 1 aromatic heterocycles. The molecule has 37 heavy (non-hydrogen) atoms. The highest BCUT2D eigenvalue weighted by Crippen LogP contribution is 2.19. The Kier molecular flexibility index (Phi) is 7.13. The molecule has 2 heterocycles. The van der Waals surface area contributed by atoms with Gasteiger partial charge in [-0.25, -0.2) is 9.97 Å². The van der Waals surface area contributed by atoms with Crippen molar-refractivity contribution in [3.63, 3.8) is 0 Å². The Balaban J connectivity index is 1.26. The molecule has 5 rings (SSSR count). The third-order valence-electron chi connectivity index (χ3n) is 6.72. The van der Waals surface area contributed by atoms with Gasteiger partial charge in [-0.15, -0.1) is 0 Å². The number of nitrogens with one attached hydrogen (secondary N) is 1. The van der Waals surface area contributed by atoms with Gasteiger partial charge >= 0.3 is 0 Å². The Labute approximate surface area is 217 Å². The molecule has 0 saturated carbocycles. The SMILES string of the molecule is Cc1ccc(NC(=O)c2ccc(CN3CCN(C)CC3)cc2)cc1C#Cc1ccc2c(N)ncnc2c1. The zero-order valence-electron chi connectivity index (χ0n) is 21.2. The largest absolute Gasteiger partial charge is 0.383 e. The van der Waals surface area contributed by atoms with Gasteiger partial charge in [-0.2, -0.15) is 0 Å². The molecule has 3 aromatic carbocycles. The van der Waals surface area contributed by atoms with Crippen LogP contribution >= 0.6 is 0 Å². The number of aryl methyl sites for hydroxylation is 1. The van der Waals surface area contributed by atoms with Crippen LogP contribution in [0.5, 0.6) is 0 Å². The lowest BCUT2D eigenvalue weighted by Gasteiger charge is -2.32. The fourth-order valence-electron chi connectivity index (χ4n) is 4.36. The van der Waals surface area contributed by atoms with E-state index in [0.717, 1.165) is 60.3 Å². The third kappa shape index (κ3) is 5.95. The highest BCUT2D eigenvalue weighted by molar-refractivity contribution is 6.04. The van der Waals surface area contributed by atoms with Crippen molar-refractivity contribution in [3.8, 4) is 11.8 Å². The lowest BCUT2D eigenvalue weighted by Crippen LogP contribution is -2.43. The van der Waals surface area contributed by atoms with Gasteiger partial charge in [0.15, 0.2) is 0 Å².